The number of carbonyl (C=O) groups is 2. The van der Waals surface area contributed by atoms with Crippen LogP contribution in [0, 0.1) is 5.92 Å². The number of ketones is 1. The molecule has 0 radical (unpaired) electrons. The molecule has 1 aliphatic heterocycles. The molecule has 0 bridgehead atoms. The van der Waals surface area contributed by atoms with E-state index < -0.39 is 5.92 Å². The highest BCUT2D eigenvalue weighted by molar-refractivity contribution is 6.08. The van der Waals surface area contributed by atoms with Crippen LogP contribution in [-0.2, 0) is 14.3 Å². The molecule has 0 aromatic heterocycles. The molecule has 0 amide bonds. The summed E-state index contributed by atoms with van der Waals surface area (Å²) in [5.41, 5.74) is 4.56. The van der Waals surface area contributed by atoms with Gasteiger partial charge in [-0.2, -0.15) is 0 Å². The minimum Gasteiger partial charge on any atom is -0.465 e. The standard InChI is InChI=1S/C22H27NO3/c1-5-26-22(25)19-14(4)23-17-7-6-8-18(24)21(17)20(19)16-11-9-15(10-12-16)13(2)3/h9-13,19-20H,5-8H2,1-4H3/t19?,20-/m1/s1. The minimum atomic E-state index is -0.527. The van der Waals surface area contributed by atoms with Crippen LogP contribution >= 0.6 is 0 Å². The van der Waals surface area contributed by atoms with Crippen LogP contribution in [0.15, 0.2) is 40.5 Å². The van der Waals surface area contributed by atoms with Crippen LogP contribution < -0.4 is 0 Å². The molecule has 0 saturated heterocycles. The number of benzene rings is 1. The molecule has 1 aromatic carbocycles. The van der Waals surface area contributed by atoms with Crippen LogP contribution in [0.4, 0.5) is 0 Å². The molecule has 0 spiro atoms. The van der Waals surface area contributed by atoms with Gasteiger partial charge in [0.1, 0.15) is 5.92 Å². The number of carbonyl (C=O) groups excluding carboxylic acids is 2. The molecule has 2 atom stereocenters. The van der Waals surface area contributed by atoms with Gasteiger partial charge in [0, 0.05) is 29.3 Å². The molecule has 2 aliphatic rings. The molecule has 0 saturated carbocycles. The highest BCUT2D eigenvalue weighted by Crippen LogP contribution is 2.43. The monoisotopic (exact) mass is 353 g/mol. The Morgan fingerprint density at radius 3 is 2.54 bits per heavy atom. The summed E-state index contributed by atoms with van der Waals surface area (Å²) in [5, 5.41) is 0. The molecule has 0 N–H and O–H groups in total. The van der Waals surface area contributed by atoms with Crippen molar-refractivity contribution in [3.8, 4) is 0 Å². The lowest BCUT2D eigenvalue weighted by molar-refractivity contribution is -0.146. The second-order valence-electron chi connectivity index (χ2n) is 7.42. The third kappa shape index (κ3) is 3.37. The van der Waals surface area contributed by atoms with Crippen molar-refractivity contribution in [1.82, 2.24) is 0 Å². The zero-order valence-corrected chi connectivity index (χ0v) is 16.0. The predicted octanol–water partition coefficient (Wildman–Crippen LogP) is 4.55. The summed E-state index contributed by atoms with van der Waals surface area (Å²) in [7, 11) is 0. The fourth-order valence-corrected chi connectivity index (χ4v) is 3.99. The Labute approximate surface area is 155 Å². The van der Waals surface area contributed by atoms with E-state index in [0.29, 0.717) is 18.9 Å². The SMILES string of the molecule is CCOC(=O)C1C(C)=NC2=C(C(=O)CCC2)[C@@H]1c1ccc(C(C)C)cc1. The zero-order chi connectivity index (χ0) is 18.8. The molecule has 4 nitrogen and oxygen atoms in total. The van der Waals surface area contributed by atoms with Crippen molar-refractivity contribution in [2.45, 2.75) is 58.8 Å². The summed E-state index contributed by atoms with van der Waals surface area (Å²) in [6.45, 7) is 8.30. The van der Waals surface area contributed by atoms with Crippen LogP contribution in [0.25, 0.3) is 0 Å². The summed E-state index contributed by atoms with van der Waals surface area (Å²) in [5.74, 6) is -0.562. The summed E-state index contributed by atoms with van der Waals surface area (Å²) >= 11 is 0. The molecule has 138 valence electrons. The topological polar surface area (TPSA) is 55.7 Å². The van der Waals surface area contributed by atoms with E-state index in [0.717, 1.165) is 35.4 Å². The summed E-state index contributed by atoms with van der Waals surface area (Å²) in [6, 6.07) is 8.29. The largest absolute Gasteiger partial charge is 0.465 e. The summed E-state index contributed by atoms with van der Waals surface area (Å²) in [4.78, 5) is 30.1. The second-order valence-corrected chi connectivity index (χ2v) is 7.42. The van der Waals surface area contributed by atoms with E-state index in [-0.39, 0.29) is 17.7 Å². The molecular formula is C22H27NO3. The van der Waals surface area contributed by atoms with Crippen LogP contribution in [0.1, 0.15) is 69.9 Å². The van der Waals surface area contributed by atoms with Gasteiger partial charge in [-0.3, -0.25) is 14.6 Å². The predicted molar refractivity (Wildman–Crippen MR) is 102 cm³/mol. The van der Waals surface area contributed by atoms with Crippen molar-refractivity contribution in [2.24, 2.45) is 10.9 Å². The lowest BCUT2D eigenvalue weighted by Gasteiger charge is -2.34. The first-order valence-corrected chi connectivity index (χ1v) is 9.52. The van der Waals surface area contributed by atoms with Gasteiger partial charge >= 0.3 is 5.97 Å². The van der Waals surface area contributed by atoms with Crippen molar-refractivity contribution >= 4 is 17.5 Å². The van der Waals surface area contributed by atoms with E-state index in [2.05, 4.69) is 43.1 Å². The van der Waals surface area contributed by atoms with Crippen molar-refractivity contribution in [3.63, 3.8) is 0 Å². The number of rotatable bonds is 4. The first-order chi connectivity index (χ1) is 12.4. The van der Waals surface area contributed by atoms with Gasteiger partial charge < -0.3 is 4.74 Å². The number of Topliss-reactive ketones (excluding diaryl/α,β-unsaturated/α-hetero) is 1. The van der Waals surface area contributed by atoms with Gasteiger partial charge in [0.2, 0.25) is 0 Å². The van der Waals surface area contributed by atoms with Crippen molar-refractivity contribution in [1.29, 1.82) is 0 Å². The number of allylic oxidation sites excluding steroid dienone is 2. The number of esters is 1. The van der Waals surface area contributed by atoms with Gasteiger partial charge in [0.05, 0.1) is 6.61 Å². The van der Waals surface area contributed by atoms with Crippen molar-refractivity contribution in [3.05, 3.63) is 46.7 Å². The van der Waals surface area contributed by atoms with Crippen LogP contribution in [-0.4, -0.2) is 24.1 Å². The minimum absolute atomic E-state index is 0.120. The van der Waals surface area contributed by atoms with E-state index in [1.54, 1.807) is 6.92 Å². The van der Waals surface area contributed by atoms with Gasteiger partial charge in [0.15, 0.2) is 5.78 Å². The third-order valence-electron chi connectivity index (χ3n) is 5.34. The van der Waals surface area contributed by atoms with Gasteiger partial charge in [-0.1, -0.05) is 38.1 Å². The number of nitrogens with zero attached hydrogens (tertiary/aromatic N) is 1. The highest BCUT2D eigenvalue weighted by Gasteiger charge is 2.42. The van der Waals surface area contributed by atoms with Gasteiger partial charge in [-0.05, 0) is 43.7 Å². The van der Waals surface area contributed by atoms with E-state index in [1.807, 2.05) is 6.92 Å². The van der Waals surface area contributed by atoms with E-state index in [4.69, 9.17) is 4.74 Å². The maximum Gasteiger partial charge on any atom is 0.315 e. The lowest BCUT2D eigenvalue weighted by Crippen LogP contribution is -2.37. The number of ether oxygens (including phenoxy) is 1. The van der Waals surface area contributed by atoms with Crippen LogP contribution in [0.3, 0.4) is 0 Å². The molecule has 3 rings (SSSR count). The molecule has 1 aliphatic carbocycles. The smallest absolute Gasteiger partial charge is 0.315 e. The Morgan fingerprint density at radius 2 is 1.92 bits per heavy atom. The zero-order valence-electron chi connectivity index (χ0n) is 16.0. The Kier molecular flexibility index (Phi) is 5.40. The molecule has 26 heavy (non-hydrogen) atoms. The summed E-state index contributed by atoms with van der Waals surface area (Å²) in [6.07, 6.45) is 2.16. The number of hydrogen-bond donors (Lipinski definition) is 0. The van der Waals surface area contributed by atoms with Crippen LogP contribution in [0.2, 0.25) is 0 Å². The van der Waals surface area contributed by atoms with Crippen LogP contribution in [0.5, 0.6) is 0 Å². The summed E-state index contributed by atoms with van der Waals surface area (Å²) < 4.78 is 5.33. The van der Waals surface area contributed by atoms with Crippen molar-refractivity contribution in [2.75, 3.05) is 6.61 Å². The van der Waals surface area contributed by atoms with E-state index in [9.17, 15) is 9.59 Å². The molecule has 1 heterocycles. The van der Waals surface area contributed by atoms with E-state index >= 15 is 0 Å². The Balaban J connectivity index is 2.10. The van der Waals surface area contributed by atoms with Gasteiger partial charge in [-0.25, -0.2) is 0 Å². The maximum atomic E-state index is 12.7. The molecule has 1 unspecified atom stereocenters. The second kappa shape index (κ2) is 7.56. The number of hydrogen-bond acceptors (Lipinski definition) is 4. The molecular weight excluding hydrogens is 326 g/mol. The van der Waals surface area contributed by atoms with Gasteiger partial charge in [0.25, 0.3) is 0 Å². The molecule has 4 heteroatoms. The highest BCUT2D eigenvalue weighted by atomic mass is 16.5. The quantitative estimate of drug-likeness (QED) is 0.746. The average Bonchev–Trinajstić information content (AvgIpc) is 2.61. The van der Waals surface area contributed by atoms with Crippen molar-refractivity contribution < 1.29 is 14.3 Å². The van der Waals surface area contributed by atoms with E-state index in [1.165, 1.54) is 5.56 Å². The fourth-order valence-electron chi connectivity index (χ4n) is 3.99. The fraction of sp³-hybridized carbons (Fsp3) is 0.500. The first kappa shape index (κ1) is 18.6. The van der Waals surface area contributed by atoms with Gasteiger partial charge in [-0.15, -0.1) is 0 Å². The maximum absolute atomic E-state index is 12.7. The number of aliphatic imine (C=N–C) groups is 1. The molecule has 1 aromatic rings. The Morgan fingerprint density at radius 1 is 1.23 bits per heavy atom. The normalized spacial score (nSPS) is 23.0. The Hall–Kier alpha value is -2.23. The average molecular weight is 353 g/mol. The molecule has 0 fully saturated rings. The Bertz CT molecular complexity index is 771. The third-order valence-corrected chi connectivity index (χ3v) is 5.34. The first-order valence-electron chi connectivity index (χ1n) is 9.52. The lowest BCUT2D eigenvalue weighted by atomic mass is 9.71.